The lowest BCUT2D eigenvalue weighted by atomic mass is 10.1. The van der Waals surface area contributed by atoms with Crippen LogP contribution < -0.4 is 5.32 Å². The molecule has 2 aromatic heterocycles. The van der Waals surface area contributed by atoms with Gasteiger partial charge in [-0.1, -0.05) is 11.2 Å². The van der Waals surface area contributed by atoms with Crippen molar-refractivity contribution in [2.45, 2.75) is 20.4 Å². The maximum atomic E-state index is 5.08. The summed E-state index contributed by atoms with van der Waals surface area (Å²) < 4.78 is 5.08. The molecule has 16 heavy (non-hydrogen) atoms. The van der Waals surface area contributed by atoms with Crippen LogP contribution in [-0.2, 0) is 6.54 Å². The molecule has 0 aliphatic carbocycles. The highest BCUT2D eigenvalue weighted by molar-refractivity contribution is 5.53. The largest absolute Gasteiger partial charge is 0.337 e. The summed E-state index contributed by atoms with van der Waals surface area (Å²) in [5.74, 6) is 1.11. The second-order valence-corrected chi connectivity index (χ2v) is 3.72. The Morgan fingerprint density at radius 2 is 2.19 bits per heavy atom. The van der Waals surface area contributed by atoms with Crippen molar-refractivity contribution in [1.82, 2.24) is 20.4 Å². The van der Waals surface area contributed by atoms with Crippen molar-refractivity contribution in [2.75, 3.05) is 7.05 Å². The van der Waals surface area contributed by atoms with E-state index in [-0.39, 0.29) is 0 Å². The van der Waals surface area contributed by atoms with Gasteiger partial charge in [-0.25, -0.2) is 0 Å². The minimum Gasteiger partial charge on any atom is -0.337 e. The first kappa shape index (κ1) is 10.8. The van der Waals surface area contributed by atoms with Gasteiger partial charge in [0.15, 0.2) is 0 Å². The standard InChI is InChI=1S/C11H14N4O/c1-7-4-8(2)10(13-5-7)11-14-9(6-12-3)16-15-11/h4-5,12H,6H2,1-3H3. The Morgan fingerprint density at radius 3 is 2.88 bits per heavy atom. The first-order chi connectivity index (χ1) is 7.70. The molecule has 0 saturated heterocycles. The van der Waals surface area contributed by atoms with Crippen LogP contribution in [0.4, 0.5) is 0 Å². The van der Waals surface area contributed by atoms with Gasteiger partial charge in [0.05, 0.1) is 6.54 Å². The maximum absolute atomic E-state index is 5.08. The predicted octanol–water partition coefficient (Wildman–Crippen LogP) is 1.47. The normalized spacial score (nSPS) is 10.7. The molecule has 84 valence electrons. The van der Waals surface area contributed by atoms with Crippen molar-refractivity contribution >= 4 is 0 Å². The third-order valence-corrected chi connectivity index (χ3v) is 2.22. The molecule has 0 unspecified atom stereocenters. The third kappa shape index (κ3) is 2.09. The zero-order valence-electron chi connectivity index (χ0n) is 9.61. The molecule has 5 nitrogen and oxygen atoms in total. The number of nitrogens with zero attached hydrogens (tertiary/aromatic N) is 3. The van der Waals surface area contributed by atoms with E-state index >= 15 is 0 Å². The summed E-state index contributed by atoms with van der Waals surface area (Å²) in [5.41, 5.74) is 2.95. The quantitative estimate of drug-likeness (QED) is 0.845. The molecular formula is C11H14N4O. The van der Waals surface area contributed by atoms with E-state index in [0.29, 0.717) is 18.3 Å². The second-order valence-electron chi connectivity index (χ2n) is 3.72. The monoisotopic (exact) mass is 218 g/mol. The van der Waals surface area contributed by atoms with Crippen LogP contribution in [0.1, 0.15) is 17.0 Å². The summed E-state index contributed by atoms with van der Waals surface area (Å²) in [4.78, 5) is 8.57. The number of hydrogen-bond donors (Lipinski definition) is 1. The van der Waals surface area contributed by atoms with Crippen LogP contribution in [0.15, 0.2) is 16.8 Å². The molecule has 0 bridgehead atoms. The van der Waals surface area contributed by atoms with Gasteiger partial charge in [0, 0.05) is 6.20 Å². The molecule has 0 saturated carbocycles. The van der Waals surface area contributed by atoms with Gasteiger partial charge in [-0.2, -0.15) is 4.98 Å². The van der Waals surface area contributed by atoms with Crippen molar-refractivity contribution < 1.29 is 4.52 Å². The van der Waals surface area contributed by atoms with Crippen LogP contribution in [-0.4, -0.2) is 22.2 Å². The summed E-state index contributed by atoms with van der Waals surface area (Å²) in [6.45, 7) is 4.56. The molecule has 0 atom stereocenters. The van der Waals surface area contributed by atoms with Crippen molar-refractivity contribution in [3.63, 3.8) is 0 Å². The Morgan fingerprint density at radius 1 is 1.38 bits per heavy atom. The summed E-state index contributed by atoms with van der Waals surface area (Å²) in [5, 5.41) is 6.86. The van der Waals surface area contributed by atoms with Gasteiger partial charge in [0.1, 0.15) is 5.69 Å². The molecule has 2 aromatic rings. The molecule has 0 aliphatic heterocycles. The fourth-order valence-electron chi connectivity index (χ4n) is 1.52. The summed E-state index contributed by atoms with van der Waals surface area (Å²) in [6.07, 6.45) is 1.80. The Kier molecular flexibility index (Phi) is 2.96. The fraction of sp³-hybridized carbons (Fsp3) is 0.364. The number of aromatic nitrogens is 3. The minimum absolute atomic E-state index is 0.544. The minimum atomic E-state index is 0.544. The molecule has 2 heterocycles. The van der Waals surface area contributed by atoms with Gasteiger partial charge in [-0.15, -0.1) is 0 Å². The average molecular weight is 218 g/mol. The highest BCUT2D eigenvalue weighted by atomic mass is 16.5. The SMILES string of the molecule is CNCc1nc(-c2ncc(C)cc2C)no1. The van der Waals surface area contributed by atoms with Crippen LogP contribution >= 0.6 is 0 Å². The number of aryl methyl sites for hydroxylation is 2. The van der Waals surface area contributed by atoms with Gasteiger partial charge in [-0.05, 0) is 32.0 Å². The summed E-state index contributed by atoms with van der Waals surface area (Å²) >= 11 is 0. The number of rotatable bonds is 3. The van der Waals surface area contributed by atoms with E-state index in [1.165, 1.54) is 0 Å². The summed E-state index contributed by atoms with van der Waals surface area (Å²) in [6, 6.07) is 2.05. The third-order valence-electron chi connectivity index (χ3n) is 2.22. The Bertz CT molecular complexity index is 492. The Labute approximate surface area is 93.9 Å². The first-order valence-electron chi connectivity index (χ1n) is 5.11. The van der Waals surface area contributed by atoms with Gasteiger partial charge in [0.2, 0.25) is 11.7 Å². The molecule has 1 N–H and O–H groups in total. The van der Waals surface area contributed by atoms with Crippen molar-refractivity contribution in [3.05, 3.63) is 29.3 Å². The number of nitrogens with one attached hydrogen (secondary N) is 1. The van der Waals surface area contributed by atoms with Crippen molar-refractivity contribution in [2.24, 2.45) is 0 Å². The topological polar surface area (TPSA) is 63.8 Å². The second kappa shape index (κ2) is 4.40. The smallest absolute Gasteiger partial charge is 0.240 e. The van der Waals surface area contributed by atoms with Crippen LogP contribution in [0.5, 0.6) is 0 Å². The first-order valence-corrected chi connectivity index (χ1v) is 5.11. The molecule has 0 amide bonds. The van der Waals surface area contributed by atoms with Gasteiger partial charge in [0.25, 0.3) is 0 Å². The van der Waals surface area contributed by atoms with E-state index in [0.717, 1.165) is 16.8 Å². The average Bonchev–Trinajstić information content (AvgIpc) is 2.67. The number of hydrogen-bond acceptors (Lipinski definition) is 5. The summed E-state index contributed by atoms with van der Waals surface area (Å²) in [7, 11) is 1.83. The van der Waals surface area contributed by atoms with Crippen LogP contribution in [0.3, 0.4) is 0 Å². The molecule has 2 rings (SSSR count). The van der Waals surface area contributed by atoms with E-state index in [9.17, 15) is 0 Å². The molecule has 0 aliphatic rings. The van der Waals surface area contributed by atoms with Gasteiger partial charge in [-0.3, -0.25) is 4.98 Å². The van der Waals surface area contributed by atoms with E-state index < -0.39 is 0 Å². The lowest BCUT2D eigenvalue weighted by Gasteiger charge is -2.00. The molecule has 0 aromatic carbocycles. The Hall–Kier alpha value is -1.75. The van der Waals surface area contributed by atoms with Gasteiger partial charge >= 0.3 is 0 Å². The number of pyridine rings is 1. The van der Waals surface area contributed by atoms with E-state index in [1.807, 2.05) is 20.9 Å². The molecular weight excluding hydrogens is 204 g/mol. The molecule has 0 spiro atoms. The highest BCUT2D eigenvalue weighted by Crippen LogP contribution is 2.18. The lowest BCUT2D eigenvalue weighted by Crippen LogP contribution is -2.05. The molecule has 5 heteroatoms. The lowest BCUT2D eigenvalue weighted by molar-refractivity contribution is 0.372. The molecule has 0 fully saturated rings. The maximum Gasteiger partial charge on any atom is 0.240 e. The fourth-order valence-corrected chi connectivity index (χ4v) is 1.52. The predicted molar refractivity (Wildman–Crippen MR) is 59.8 cm³/mol. The zero-order chi connectivity index (χ0) is 11.5. The van der Waals surface area contributed by atoms with Crippen molar-refractivity contribution in [3.8, 4) is 11.5 Å². The van der Waals surface area contributed by atoms with Crippen LogP contribution in [0.25, 0.3) is 11.5 Å². The Balaban J connectivity index is 2.35. The van der Waals surface area contributed by atoms with Crippen LogP contribution in [0, 0.1) is 13.8 Å². The van der Waals surface area contributed by atoms with E-state index in [2.05, 4.69) is 26.5 Å². The molecule has 0 radical (unpaired) electrons. The highest BCUT2D eigenvalue weighted by Gasteiger charge is 2.11. The van der Waals surface area contributed by atoms with Gasteiger partial charge < -0.3 is 9.84 Å². The van der Waals surface area contributed by atoms with E-state index in [1.54, 1.807) is 6.20 Å². The van der Waals surface area contributed by atoms with Crippen LogP contribution in [0.2, 0.25) is 0 Å². The zero-order valence-corrected chi connectivity index (χ0v) is 9.61. The van der Waals surface area contributed by atoms with Crippen molar-refractivity contribution in [1.29, 1.82) is 0 Å². The van der Waals surface area contributed by atoms with E-state index in [4.69, 9.17) is 4.52 Å².